The molecule has 0 aliphatic rings. The number of ether oxygens (including phenoxy) is 2. The second-order valence-electron chi connectivity index (χ2n) is 6.40. The minimum atomic E-state index is -4.40. The zero-order valence-corrected chi connectivity index (χ0v) is 18.1. The average Bonchev–Trinajstić information content (AvgIpc) is 2.80. The molecule has 0 atom stereocenters. The fraction of sp³-hybridized carbons (Fsp3) is 0.261. The summed E-state index contributed by atoms with van der Waals surface area (Å²) in [6.07, 6.45) is -4.40. The van der Waals surface area contributed by atoms with E-state index in [0.29, 0.717) is 22.4 Å². The van der Waals surface area contributed by atoms with E-state index in [1.807, 2.05) is 0 Å². The van der Waals surface area contributed by atoms with Crippen molar-refractivity contribution in [1.82, 2.24) is 0 Å². The van der Waals surface area contributed by atoms with Crippen LogP contribution in [0.15, 0.2) is 58.8 Å². The molecule has 0 amide bonds. The number of methoxy groups -OCH3 is 1. The average molecular weight is 462 g/mol. The second kappa shape index (κ2) is 12.1. The highest BCUT2D eigenvalue weighted by Crippen LogP contribution is 2.18. The van der Waals surface area contributed by atoms with E-state index < -0.39 is 18.8 Å². The Morgan fingerprint density at radius 3 is 2.36 bits per heavy atom. The van der Waals surface area contributed by atoms with Crippen molar-refractivity contribution in [2.24, 2.45) is 10.3 Å². The van der Waals surface area contributed by atoms with Gasteiger partial charge in [-0.3, -0.25) is 0 Å². The summed E-state index contributed by atoms with van der Waals surface area (Å²) >= 11 is 0. The summed E-state index contributed by atoms with van der Waals surface area (Å²) in [5, 5.41) is 7.65. The molecule has 0 bridgehead atoms. The molecule has 0 N–H and O–H groups in total. The number of carbonyl (C=O) groups is 1. The quantitative estimate of drug-likeness (QED) is 0.256. The van der Waals surface area contributed by atoms with Crippen LogP contribution in [0.1, 0.15) is 23.6 Å². The number of carbonyl (C=O) groups excluding carboxylic acids is 1. The lowest BCUT2D eigenvalue weighted by molar-refractivity contribution is -0.153. The Morgan fingerprint density at radius 1 is 1.03 bits per heavy atom. The number of hydrogen-bond acceptors (Lipinski definition) is 7. The topological polar surface area (TPSA) is 78.7 Å². The Labute approximate surface area is 188 Å². The molecule has 0 heterocycles. The minimum absolute atomic E-state index is 0.0117. The molecule has 0 unspecified atom stereocenters. The molecule has 0 fully saturated rings. The summed E-state index contributed by atoms with van der Waals surface area (Å²) in [5.41, 5.74) is 2.01. The maximum absolute atomic E-state index is 12.2. The maximum Gasteiger partial charge on any atom is 0.422 e. The van der Waals surface area contributed by atoms with Gasteiger partial charge in [-0.15, -0.1) is 0 Å². The third kappa shape index (κ3) is 8.57. The standard InChI is InChI=1S/C23H21F3N2O5/c1-16(8-9-17-10-12-19(13-11-17)32-15-23(24,25)26)27-33-14-18-6-4-5-7-20(18)21(28-31-3)22(29)30-2/h4-7,10-13H,14-15H2,1-3H3/b27-16+,28-21+. The zero-order valence-electron chi connectivity index (χ0n) is 18.1. The predicted molar refractivity (Wildman–Crippen MR) is 115 cm³/mol. The van der Waals surface area contributed by atoms with Crippen LogP contribution in [0.3, 0.4) is 0 Å². The van der Waals surface area contributed by atoms with E-state index in [2.05, 4.69) is 26.9 Å². The van der Waals surface area contributed by atoms with Crippen LogP contribution >= 0.6 is 0 Å². The number of halogens is 3. The predicted octanol–water partition coefficient (Wildman–Crippen LogP) is 4.10. The molecule has 2 rings (SSSR count). The lowest BCUT2D eigenvalue weighted by Gasteiger charge is -2.09. The molecule has 33 heavy (non-hydrogen) atoms. The molecule has 0 saturated carbocycles. The molecule has 0 saturated heterocycles. The van der Waals surface area contributed by atoms with Crippen molar-refractivity contribution in [1.29, 1.82) is 0 Å². The van der Waals surface area contributed by atoms with Gasteiger partial charge in [-0.25, -0.2) is 4.79 Å². The molecule has 0 aliphatic carbocycles. The first-order chi connectivity index (χ1) is 15.7. The van der Waals surface area contributed by atoms with Crippen LogP contribution in [0.25, 0.3) is 0 Å². The Hall–Kier alpha value is -4.00. The van der Waals surface area contributed by atoms with Gasteiger partial charge in [0.2, 0.25) is 0 Å². The fourth-order valence-electron chi connectivity index (χ4n) is 2.45. The Bertz CT molecular complexity index is 1070. The summed E-state index contributed by atoms with van der Waals surface area (Å²) in [6.45, 7) is 0.300. The summed E-state index contributed by atoms with van der Waals surface area (Å²) in [7, 11) is 2.56. The Kier molecular flexibility index (Phi) is 9.30. The van der Waals surface area contributed by atoms with Gasteiger partial charge in [0.1, 0.15) is 25.2 Å². The Balaban J connectivity index is 2.02. The van der Waals surface area contributed by atoms with Gasteiger partial charge < -0.3 is 19.1 Å². The molecule has 0 radical (unpaired) electrons. The largest absolute Gasteiger partial charge is 0.484 e. The third-order valence-electron chi connectivity index (χ3n) is 3.90. The van der Waals surface area contributed by atoms with E-state index in [-0.39, 0.29) is 18.1 Å². The monoisotopic (exact) mass is 462 g/mol. The molecule has 10 heteroatoms. The van der Waals surface area contributed by atoms with E-state index in [4.69, 9.17) is 14.4 Å². The van der Waals surface area contributed by atoms with Gasteiger partial charge in [-0.05, 0) is 37.1 Å². The first-order valence-corrected chi connectivity index (χ1v) is 9.49. The van der Waals surface area contributed by atoms with Crippen LogP contribution in [-0.4, -0.2) is 44.4 Å². The first-order valence-electron chi connectivity index (χ1n) is 9.49. The highest BCUT2D eigenvalue weighted by molar-refractivity contribution is 6.43. The van der Waals surface area contributed by atoms with Crippen LogP contribution in [0.4, 0.5) is 13.2 Å². The summed E-state index contributed by atoms with van der Waals surface area (Å²) < 4.78 is 45.9. The van der Waals surface area contributed by atoms with Crippen molar-refractivity contribution < 1.29 is 37.1 Å². The van der Waals surface area contributed by atoms with E-state index in [0.717, 1.165) is 0 Å². The van der Waals surface area contributed by atoms with Crippen LogP contribution in [0.2, 0.25) is 0 Å². The molecule has 2 aromatic rings. The number of rotatable bonds is 8. The number of alkyl halides is 3. The first kappa shape index (κ1) is 25.3. The van der Waals surface area contributed by atoms with Gasteiger partial charge in [0, 0.05) is 16.7 Å². The van der Waals surface area contributed by atoms with E-state index in [1.54, 1.807) is 31.2 Å². The number of oxime groups is 2. The van der Waals surface area contributed by atoms with Crippen molar-refractivity contribution in [2.45, 2.75) is 19.7 Å². The van der Waals surface area contributed by atoms with Crippen LogP contribution in [-0.2, 0) is 25.8 Å². The van der Waals surface area contributed by atoms with Gasteiger partial charge in [0.05, 0.1) is 7.11 Å². The minimum Gasteiger partial charge on any atom is -0.484 e. The van der Waals surface area contributed by atoms with E-state index in [1.165, 1.54) is 38.5 Å². The van der Waals surface area contributed by atoms with Crippen molar-refractivity contribution >= 4 is 17.4 Å². The van der Waals surface area contributed by atoms with Gasteiger partial charge in [0.15, 0.2) is 12.3 Å². The molecular formula is C23H21F3N2O5. The molecule has 7 nitrogen and oxygen atoms in total. The molecule has 174 valence electrons. The summed E-state index contributed by atoms with van der Waals surface area (Å²) in [4.78, 5) is 22.1. The van der Waals surface area contributed by atoms with Crippen molar-refractivity contribution in [3.8, 4) is 17.6 Å². The number of nitrogens with zero attached hydrogens (tertiary/aromatic N) is 2. The number of hydrogen-bond donors (Lipinski definition) is 0. The Morgan fingerprint density at radius 2 is 1.73 bits per heavy atom. The third-order valence-corrected chi connectivity index (χ3v) is 3.90. The van der Waals surface area contributed by atoms with E-state index >= 15 is 0 Å². The van der Waals surface area contributed by atoms with Crippen LogP contribution < -0.4 is 4.74 Å². The number of esters is 1. The summed E-state index contributed by atoms with van der Waals surface area (Å²) in [5.74, 6) is 5.04. The van der Waals surface area contributed by atoms with Gasteiger partial charge >= 0.3 is 12.1 Å². The molecular weight excluding hydrogens is 441 g/mol. The second-order valence-corrected chi connectivity index (χ2v) is 6.40. The lowest BCUT2D eigenvalue weighted by atomic mass is 10.0. The lowest BCUT2D eigenvalue weighted by Crippen LogP contribution is -2.19. The highest BCUT2D eigenvalue weighted by Gasteiger charge is 2.28. The number of benzene rings is 2. The fourth-order valence-corrected chi connectivity index (χ4v) is 2.45. The molecule has 2 aromatic carbocycles. The van der Waals surface area contributed by atoms with Crippen molar-refractivity contribution in [3.05, 3.63) is 65.2 Å². The van der Waals surface area contributed by atoms with E-state index in [9.17, 15) is 18.0 Å². The molecule has 0 aromatic heterocycles. The van der Waals surface area contributed by atoms with Gasteiger partial charge in [-0.2, -0.15) is 13.2 Å². The normalized spacial score (nSPS) is 11.8. The van der Waals surface area contributed by atoms with Crippen LogP contribution in [0, 0.1) is 11.8 Å². The highest BCUT2D eigenvalue weighted by atomic mass is 19.4. The summed E-state index contributed by atoms with van der Waals surface area (Å²) in [6, 6.07) is 12.8. The van der Waals surface area contributed by atoms with Crippen molar-refractivity contribution in [3.63, 3.8) is 0 Å². The smallest absolute Gasteiger partial charge is 0.422 e. The van der Waals surface area contributed by atoms with Crippen molar-refractivity contribution in [2.75, 3.05) is 20.8 Å². The molecule has 0 spiro atoms. The van der Waals surface area contributed by atoms with Gasteiger partial charge in [0.25, 0.3) is 0 Å². The zero-order chi connectivity index (χ0) is 24.3. The SMILES string of the molecule is CO/N=C(/C(=O)OC)c1ccccc1CO/N=C(\C)C#Cc1ccc(OCC(F)(F)F)cc1. The van der Waals surface area contributed by atoms with Crippen LogP contribution in [0.5, 0.6) is 5.75 Å². The van der Waals surface area contributed by atoms with Gasteiger partial charge in [-0.1, -0.05) is 40.5 Å². The maximum atomic E-state index is 12.2. The molecule has 0 aliphatic heterocycles.